The monoisotopic (exact) mass is 463 g/mol. The van der Waals surface area contributed by atoms with Crippen molar-refractivity contribution in [1.29, 1.82) is 0 Å². The first-order valence-corrected chi connectivity index (χ1v) is 10.9. The largest absolute Gasteiger partial charge is 0.324 e. The highest BCUT2D eigenvalue weighted by Gasteiger charge is 2.30. The number of carbonyl (C=O) groups excluding carboxylic acids is 1. The molecule has 0 saturated carbocycles. The Labute approximate surface area is 170 Å². The number of anilines is 1. The number of H-pyrrole nitrogens is 1. The Balaban J connectivity index is 1.40. The van der Waals surface area contributed by atoms with Crippen molar-refractivity contribution in [3.8, 4) is 0 Å². The number of imidazole rings is 1. The second kappa shape index (κ2) is 7.53. The Morgan fingerprint density at radius 2 is 1.82 bits per heavy atom. The molecule has 10 heteroatoms. The minimum Gasteiger partial charge on any atom is -0.324 e. The Bertz CT molecular complexity index is 1090. The van der Waals surface area contributed by atoms with Gasteiger partial charge in [-0.2, -0.15) is 4.31 Å². The molecule has 146 valence electrons. The quantitative estimate of drug-likeness (QED) is 0.623. The first-order chi connectivity index (χ1) is 13.4. The standard InChI is InChI=1S/C18H18BrN5O3S/c19-13-4-3-5-14(12-13)28(26,27)24-10-8-23(9-11-24)18(25)22-17-20-15-6-1-2-7-16(15)21-17/h1-7,12H,8-11H2,(H2,20,21,22,25). The number of hydrogen-bond acceptors (Lipinski definition) is 4. The number of halogens is 1. The molecule has 0 bridgehead atoms. The number of sulfonamides is 1. The number of aromatic nitrogens is 2. The van der Waals surface area contributed by atoms with Crippen LogP contribution < -0.4 is 5.32 Å². The van der Waals surface area contributed by atoms with E-state index in [4.69, 9.17) is 0 Å². The molecule has 3 aromatic rings. The van der Waals surface area contributed by atoms with Gasteiger partial charge in [-0.05, 0) is 30.3 Å². The highest BCUT2D eigenvalue weighted by molar-refractivity contribution is 9.10. The Morgan fingerprint density at radius 1 is 1.07 bits per heavy atom. The zero-order valence-electron chi connectivity index (χ0n) is 14.8. The molecule has 1 fully saturated rings. The zero-order chi connectivity index (χ0) is 19.7. The average Bonchev–Trinajstić information content (AvgIpc) is 3.10. The van der Waals surface area contributed by atoms with Gasteiger partial charge in [-0.1, -0.05) is 34.1 Å². The van der Waals surface area contributed by atoms with E-state index in [9.17, 15) is 13.2 Å². The number of piperazine rings is 1. The number of para-hydroxylation sites is 2. The van der Waals surface area contributed by atoms with Crippen LogP contribution in [-0.4, -0.2) is 59.8 Å². The van der Waals surface area contributed by atoms with Crippen molar-refractivity contribution in [3.05, 3.63) is 53.0 Å². The first-order valence-electron chi connectivity index (χ1n) is 8.70. The summed E-state index contributed by atoms with van der Waals surface area (Å²) in [6.45, 7) is 1.09. The molecule has 0 spiro atoms. The van der Waals surface area contributed by atoms with Gasteiger partial charge in [0.1, 0.15) is 0 Å². The van der Waals surface area contributed by atoms with Crippen LogP contribution in [0.1, 0.15) is 0 Å². The smallest absolute Gasteiger partial charge is 0.324 e. The summed E-state index contributed by atoms with van der Waals surface area (Å²) in [7, 11) is -3.58. The zero-order valence-corrected chi connectivity index (χ0v) is 17.2. The van der Waals surface area contributed by atoms with Gasteiger partial charge in [-0.25, -0.2) is 18.2 Å². The van der Waals surface area contributed by atoms with Gasteiger partial charge in [-0.3, -0.25) is 5.32 Å². The summed E-state index contributed by atoms with van der Waals surface area (Å²) in [6, 6.07) is 13.8. The molecule has 1 aliphatic heterocycles. The summed E-state index contributed by atoms with van der Waals surface area (Å²) in [4.78, 5) is 21.7. The molecule has 0 atom stereocenters. The van der Waals surface area contributed by atoms with E-state index in [1.165, 1.54) is 4.31 Å². The predicted molar refractivity (Wildman–Crippen MR) is 110 cm³/mol. The van der Waals surface area contributed by atoms with Crippen molar-refractivity contribution in [2.24, 2.45) is 0 Å². The highest BCUT2D eigenvalue weighted by Crippen LogP contribution is 2.21. The molecule has 0 radical (unpaired) electrons. The SMILES string of the molecule is O=C(Nc1nc2ccccc2[nH]1)N1CCN(S(=O)(=O)c2cccc(Br)c2)CC1. The minimum atomic E-state index is -3.58. The molecule has 0 unspecified atom stereocenters. The summed E-state index contributed by atoms with van der Waals surface area (Å²) < 4.78 is 27.7. The summed E-state index contributed by atoms with van der Waals surface area (Å²) in [5, 5.41) is 2.74. The first kappa shape index (κ1) is 18.9. The van der Waals surface area contributed by atoms with E-state index in [0.717, 1.165) is 11.0 Å². The molecule has 2 heterocycles. The fourth-order valence-corrected chi connectivity index (χ4v) is 5.12. The normalized spacial score (nSPS) is 15.7. The van der Waals surface area contributed by atoms with Gasteiger partial charge in [0.2, 0.25) is 16.0 Å². The Hall–Kier alpha value is -2.43. The lowest BCUT2D eigenvalue weighted by molar-refractivity contribution is 0.184. The molecular formula is C18H18BrN5O3S. The van der Waals surface area contributed by atoms with E-state index in [0.29, 0.717) is 23.5 Å². The molecule has 2 N–H and O–H groups in total. The summed E-state index contributed by atoms with van der Waals surface area (Å²) in [5.74, 6) is 0.371. The number of nitrogens with zero attached hydrogens (tertiary/aromatic N) is 3. The molecule has 4 rings (SSSR count). The average molecular weight is 464 g/mol. The van der Waals surface area contributed by atoms with E-state index >= 15 is 0 Å². The van der Waals surface area contributed by atoms with Crippen molar-refractivity contribution in [1.82, 2.24) is 19.2 Å². The third-order valence-corrected chi connectivity index (χ3v) is 6.96. The van der Waals surface area contributed by atoms with Gasteiger partial charge in [0.15, 0.2) is 0 Å². The maximum absolute atomic E-state index is 12.8. The predicted octanol–water partition coefficient (Wildman–Crippen LogP) is 2.86. The number of carbonyl (C=O) groups is 1. The van der Waals surface area contributed by atoms with Crippen molar-refractivity contribution >= 4 is 49.0 Å². The van der Waals surface area contributed by atoms with Gasteiger partial charge >= 0.3 is 6.03 Å². The third kappa shape index (κ3) is 3.75. The molecule has 1 aliphatic rings. The fraction of sp³-hybridized carbons (Fsp3) is 0.222. The van der Waals surface area contributed by atoms with Crippen LogP contribution in [0.2, 0.25) is 0 Å². The highest BCUT2D eigenvalue weighted by atomic mass is 79.9. The molecule has 2 aromatic carbocycles. The Kier molecular flexibility index (Phi) is 5.09. The van der Waals surface area contributed by atoms with Crippen LogP contribution in [0.3, 0.4) is 0 Å². The number of aromatic amines is 1. The summed E-state index contributed by atoms with van der Waals surface area (Å²) in [6.07, 6.45) is 0. The van der Waals surface area contributed by atoms with Crippen LogP contribution in [0.4, 0.5) is 10.7 Å². The van der Waals surface area contributed by atoms with Gasteiger partial charge in [-0.15, -0.1) is 0 Å². The lowest BCUT2D eigenvalue weighted by Crippen LogP contribution is -2.51. The summed E-state index contributed by atoms with van der Waals surface area (Å²) >= 11 is 3.30. The van der Waals surface area contributed by atoms with Crippen LogP contribution in [0.5, 0.6) is 0 Å². The van der Waals surface area contributed by atoms with Crippen molar-refractivity contribution < 1.29 is 13.2 Å². The van der Waals surface area contributed by atoms with Crippen LogP contribution in [0.15, 0.2) is 57.9 Å². The van der Waals surface area contributed by atoms with Crippen molar-refractivity contribution in [2.45, 2.75) is 4.90 Å². The number of urea groups is 1. The second-order valence-corrected chi connectivity index (χ2v) is 9.23. The molecule has 28 heavy (non-hydrogen) atoms. The van der Waals surface area contributed by atoms with Crippen LogP contribution in [0, 0.1) is 0 Å². The van der Waals surface area contributed by atoms with Crippen LogP contribution >= 0.6 is 15.9 Å². The van der Waals surface area contributed by atoms with Gasteiger partial charge < -0.3 is 9.88 Å². The molecule has 1 saturated heterocycles. The van der Waals surface area contributed by atoms with Gasteiger partial charge in [0.25, 0.3) is 0 Å². The van der Waals surface area contributed by atoms with E-state index in [1.807, 2.05) is 24.3 Å². The van der Waals surface area contributed by atoms with E-state index in [-0.39, 0.29) is 24.0 Å². The minimum absolute atomic E-state index is 0.238. The van der Waals surface area contributed by atoms with Crippen molar-refractivity contribution in [3.63, 3.8) is 0 Å². The number of benzene rings is 2. The molecule has 2 amide bonds. The molecule has 0 aliphatic carbocycles. The van der Waals surface area contributed by atoms with Crippen LogP contribution in [-0.2, 0) is 10.0 Å². The van der Waals surface area contributed by atoms with E-state index in [2.05, 4.69) is 31.2 Å². The number of amides is 2. The lowest BCUT2D eigenvalue weighted by Gasteiger charge is -2.33. The number of fused-ring (bicyclic) bond motifs is 1. The van der Waals surface area contributed by atoms with Gasteiger partial charge in [0.05, 0.1) is 15.9 Å². The van der Waals surface area contributed by atoms with Crippen LogP contribution in [0.25, 0.3) is 11.0 Å². The van der Waals surface area contributed by atoms with Crippen molar-refractivity contribution in [2.75, 3.05) is 31.5 Å². The fourth-order valence-electron chi connectivity index (χ4n) is 3.10. The Morgan fingerprint density at radius 3 is 2.54 bits per heavy atom. The maximum Gasteiger partial charge on any atom is 0.324 e. The third-order valence-electron chi connectivity index (χ3n) is 4.57. The number of nitrogens with one attached hydrogen (secondary N) is 2. The molecule has 8 nitrogen and oxygen atoms in total. The molecule has 1 aromatic heterocycles. The van der Waals surface area contributed by atoms with Gasteiger partial charge in [0, 0.05) is 30.7 Å². The second-order valence-electron chi connectivity index (χ2n) is 6.38. The molecular weight excluding hydrogens is 446 g/mol. The summed E-state index contributed by atoms with van der Waals surface area (Å²) in [5.41, 5.74) is 1.60. The maximum atomic E-state index is 12.8. The number of rotatable bonds is 3. The van der Waals surface area contributed by atoms with E-state index in [1.54, 1.807) is 29.2 Å². The topological polar surface area (TPSA) is 98.4 Å². The number of hydrogen-bond donors (Lipinski definition) is 2. The lowest BCUT2D eigenvalue weighted by atomic mass is 10.3. The van der Waals surface area contributed by atoms with E-state index < -0.39 is 10.0 Å².